The van der Waals surface area contributed by atoms with Gasteiger partial charge in [0.15, 0.2) is 5.78 Å². The van der Waals surface area contributed by atoms with Crippen molar-refractivity contribution in [1.29, 1.82) is 0 Å². The van der Waals surface area contributed by atoms with E-state index in [1.807, 2.05) is 24.3 Å². The maximum Gasteiger partial charge on any atom is 0.224 e. The molecule has 1 fully saturated rings. The van der Waals surface area contributed by atoms with Crippen LogP contribution in [-0.2, 0) is 4.79 Å². The summed E-state index contributed by atoms with van der Waals surface area (Å²) in [6.07, 6.45) is 0.344. The summed E-state index contributed by atoms with van der Waals surface area (Å²) in [6.45, 7) is 4.14. The van der Waals surface area contributed by atoms with Crippen molar-refractivity contribution in [3.05, 3.63) is 45.6 Å². The Morgan fingerprint density at radius 3 is 2.35 bits per heavy atom. The zero-order valence-electron chi connectivity index (χ0n) is 14.7. The quantitative estimate of drug-likeness (QED) is 0.762. The molecule has 5 nitrogen and oxygen atoms in total. The number of carbonyl (C=O) groups excluding carboxylic acids is 2. The minimum atomic E-state index is -0.159. The Kier molecular flexibility index (Phi) is 6.29. The molecule has 7 heteroatoms. The van der Waals surface area contributed by atoms with Crippen LogP contribution in [0, 0.1) is 0 Å². The number of carbonyl (C=O) groups is 2. The summed E-state index contributed by atoms with van der Waals surface area (Å²) in [5.74, 6) is -0.212. The Bertz CT molecular complexity index is 767. The monoisotopic (exact) mass is 391 g/mol. The predicted octanol–water partition coefficient (Wildman–Crippen LogP) is 3.75. The van der Waals surface area contributed by atoms with Crippen LogP contribution in [0.2, 0.25) is 4.34 Å². The smallest absolute Gasteiger partial charge is 0.224 e. The van der Waals surface area contributed by atoms with Crippen LogP contribution in [0.1, 0.15) is 22.5 Å². The summed E-state index contributed by atoms with van der Waals surface area (Å²) in [6, 6.07) is 11.3. The average molecular weight is 392 g/mol. The lowest BCUT2D eigenvalue weighted by molar-refractivity contribution is -0.116. The van der Waals surface area contributed by atoms with Gasteiger partial charge in [0.2, 0.25) is 5.91 Å². The molecule has 1 N–H and O–H groups in total. The van der Waals surface area contributed by atoms with Crippen molar-refractivity contribution < 1.29 is 9.59 Å². The minimum absolute atomic E-state index is 0.0533. The Labute approximate surface area is 162 Å². The first-order valence-electron chi connectivity index (χ1n) is 8.63. The number of Topliss-reactive ketones (excluding diaryl/α,β-unsaturated/α-hetero) is 1. The number of hydrogen-bond acceptors (Lipinski definition) is 5. The van der Waals surface area contributed by atoms with E-state index in [0.29, 0.717) is 9.21 Å². The molecular formula is C19H22ClN3O2S. The van der Waals surface area contributed by atoms with Crippen molar-refractivity contribution >= 4 is 46.0 Å². The number of nitrogens with zero attached hydrogens (tertiary/aromatic N) is 2. The normalized spacial score (nSPS) is 15.1. The Balaban J connectivity index is 1.47. The Morgan fingerprint density at radius 2 is 1.73 bits per heavy atom. The maximum atomic E-state index is 12.1. The van der Waals surface area contributed by atoms with Crippen LogP contribution >= 0.6 is 22.9 Å². The lowest BCUT2D eigenvalue weighted by Crippen LogP contribution is -2.44. The fourth-order valence-corrected chi connectivity index (χ4v) is 3.87. The number of anilines is 2. The second kappa shape index (κ2) is 8.66. The molecule has 1 aromatic carbocycles. The number of piperazine rings is 1. The van der Waals surface area contributed by atoms with Gasteiger partial charge in [-0.3, -0.25) is 9.59 Å². The number of rotatable bonds is 6. The van der Waals surface area contributed by atoms with Gasteiger partial charge in [-0.15, -0.1) is 11.3 Å². The third kappa shape index (κ3) is 5.06. The van der Waals surface area contributed by atoms with Gasteiger partial charge < -0.3 is 15.1 Å². The van der Waals surface area contributed by atoms with E-state index in [1.165, 1.54) is 17.0 Å². The first kappa shape index (κ1) is 18.9. The summed E-state index contributed by atoms with van der Waals surface area (Å²) in [4.78, 5) is 29.4. The van der Waals surface area contributed by atoms with Gasteiger partial charge in [0.05, 0.1) is 9.21 Å². The molecule has 0 unspecified atom stereocenters. The number of halogens is 1. The molecule has 26 heavy (non-hydrogen) atoms. The summed E-state index contributed by atoms with van der Waals surface area (Å²) >= 11 is 7.07. The van der Waals surface area contributed by atoms with Gasteiger partial charge >= 0.3 is 0 Å². The number of nitrogens with one attached hydrogen (secondary N) is 1. The lowest BCUT2D eigenvalue weighted by atomic mass is 10.2. The van der Waals surface area contributed by atoms with Gasteiger partial charge in [0.1, 0.15) is 0 Å². The van der Waals surface area contributed by atoms with Crippen molar-refractivity contribution in [2.24, 2.45) is 0 Å². The molecule has 1 aromatic heterocycles. The first-order chi connectivity index (χ1) is 12.5. The molecule has 0 radical (unpaired) electrons. The lowest BCUT2D eigenvalue weighted by Gasteiger charge is -2.34. The third-order valence-electron chi connectivity index (χ3n) is 4.45. The second-order valence-corrected chi connectivity index (χ2v) is 8.13. The van der Waals surface area contributed by atoms with E-state index in [9.17, 15) is 9.59 Å². The molecule has 0 saturated carbocycles. The summed E-state index contributed by atoms with van der Waals surface area (Å²) in [5, 5.41) is 2.85. The molecular weight excluding hydrogens is 370 g/mol. The van der Waals surface area contributed by atoms with E-state index in [4.69, 9.17) is 11.6 Å². The molecule has 0 aliphatic carbocycles. The zero-order valence-corrected chi connectivity index (χ0v) is 16.3. The van der Waals surface area contributed by atoms with Gasteiger partial charge in [0.25, 0.3) is 0 Å². The fraction of sp³-hybridized carbons (Fsp3) is 0.368. The summed E-state index contributed by atoms with van der Waals surface area (Å²) < 4.78 is 0.582. The highest BCUT2D eigenvalue weighted by Crippen LogP contribution is 2.23. The molecule has 0 spiro atoms. The average Bonchev–Trinajstić information content (AvgIpc) is 3.08. The van der Waals surface area contributed by atoms with Crippen LogP contribution < -0.4 is 10.2 Å². The molecule has 0 bridgehead atoms. The van der Waals surface area contributed by atoms with E-state index < -0.39 is 0 Å². The second-order valence-electron chi connectivity index (χ2n) is 6.41. The van der Waals surface area contributed by atoms with Crippen LogP contribution in [0.4, 0.5) is 11.4 Å². The Morgan fingerprint density at radius 1 is 1.04 bits per heavy atom. The third-order valence-corrected chi connectivity index (χ3v) is 5.72. The number of benzene rings is 1. The van der Waals surface area contributed by atoms with Gasteiger partial charge in [0, 0.05) is 50.4 Å². The fourth-order valence-electron chi connectivity index (χ4n) is 2.86. The molecule has 1 amide bonds. The molecule has 3 rings (SSSR count). The van der Waals surface area contributed by atoms with Gasteiger partial charge in [-0.1, -0.05) is 11.6 Å². The van der Waals surface area contributed by atoms with E-state index in [0.717, 1.165) is 31.9 Å². The van der Waals surface area contributed by atoms with E-state index in [1.54, 1.807) is 12.1 Å². The molecule has 138 valence electrons. The molecule has 2 aromatic rings. The number of amides is 1. The van der Waals surface area contributed by atoms with E-state index in [2.05, 4.69) is 22.2 Å². The maximum absolute atomic E-state index is 12.1. The molecule has 0 atom stereocenters. The van der Waals surface area contributed by atoms with Crippen molar-refractivity contribution in [3.8, 4) is 0 Å². The molecule has 1 aliphatic rings. The molecule has 1 aliphatic heterocycles. The van der Waals surface area contributed by atoms with Crippen molar-refractivity contribution in [3.63, 3.8) is 0 Å². The summed E-state index contributed by atoms with van der Waals surface area (Å²) in [5.41, 5.74) is 1.92. The largest absolute Gasteiger partial charge is 0.369 e. The highest BCUT2D eigenvalue weighted by Gasteiger charge is 2.15. The van der Waals surface area contributed by atoms with Crippen molar-refractivity contribution in [2.75, 3.05) is 43.4 Å². The van der Waals surface area contributed by atoms with Crippen LogP contribution in [0.5, 0.6) is 0 Å². The minimum Gasteiger partial charge on any atom is -0.369 e. The SMILES string of the molecule is CN1CCN(c2ccc(NC(=O)CCC(=O)c3ccc(Cl)s3)cc2)CC1. The zero-order chi connectivity index (χ0) is 18.5. The molecule has 2 heterocycles. The van der Waals surface area contributed by atoms with Gasteiger partial charge in [-0.2, -0.15) is 0 Å². The number of ketones is 1. The highest BCUT2D eigenvalue weighted by molar-refractivity contribution is 7.18. The predicted molar refractivity (Wildman–Crippen MR) is 108 cm³/mol. The number of likely N-dealkylation sites (N-methyl/N-ethyl adjacent to an activating group) is 1. The van der Waals surface area contributed by atoms with Crippen LogP contribution in [-0.4, -0.2) is 49.8 Å². The van der Waals surface area contributed by atoms with Crippen LogP contribution in [0.15, 0.2) is 36.4 Å². The van der Waals surface area contributed by atoms with Crippen LogP contribution in [0.25, 0.3) is 0 Å². The number of hydrogen-bond donors (Lipinski definition) is 1. The van der Waals surface area contributed by atoms with Crippen molar-refractivity contribution in [1.82, 2.24) is 4.90 Å². The Hall–Kier alpha value is -1.89. The van der Waals surface area contributed by atoms with Gasteiger partial charge in [-0.25, -0.2) is 0 Å². The number of thiophene rings is 1. The van der Waals surface area contributed by atoms with E-state index >= 15 is 0 Å². The van der Waals surface area contributed by atoms with E-state index in [-0.39, 0.29) is 24.5 Å². The first-order valence-corrected chi connectivity index (χ1v) is 9.82. The van der Waals surface area contributed by atoms with Gasteiger partial charge in [-0.05, 0) is 43.4 Å². The topological polar surface area (TPSA) is 52.6 Å². The summed E-state index contributed by atoms with van der Waals surface area (Å²) in [7, 11) is 2.13. The standard InChI is InChI=1S/C19H22ClN3O2S/c1-22-10-12-23(13-11-22)15-4-2-14(3-5-15)21-19(25)9-6-16(24)17-7-8-18(20)26-17/h2-5,7-8H,6,9-13H2,1H3,(H,21,25). The highest BCUT2D eigenvalue weighted by atomic mass is 35.5. The van der Waals surface area contributed by atoms with Crippen molar-refractivity contribution in [2.45, 2.75) is 12.8 Å². The van der Waals surface area contributed by atoms with Crippen LogP contribution in [0.3, 0.4) is 0 Å². The molecule has 1 saturated heterocycles.